The van der Waals surface area contributed by atoms with Crippen molar-refractivity contribution in [1.82, 2.24) is 19.8 Å². The minimum absolute atomic E-state index is 0.697. The van der Waals surface area contributed by atoms with Gasteiger partial charge in [0.2, 0.25) is 0 Å². The van der Waals surface area contributed by atoms with Gasteiger partial charge in [0.05, 0.1) is 16.6 Å². The Morgan fingerprint density at radius 1 is 1.04 bits per heavy atom. The highest BCUT2D eigenvalue weighted by Gasteiger charge is 2.16. The van der Waals surface area contributed by atoms with Gasteiger partial charge in [0.15, 0.2) is 0 Å². The Balaban J connectivity index is 1.43. The number of likely N-dealkylation sites (N-methyl/N-ethyl adjacent to an activating group) is 1. The van der Waals surface area contributed by atoms with E-state index >= 15 is 0 Å². The molecule has 1 fully saturated rings. The van der Waals surface area contributed by atoms with Crippen molar-refractivity contribution in [2.75, 3.05) is 45.9 Å². The maximum absolute atomic E-state index is 6.15. The van der Waals surface area contributed by atoms with Crippen LogP contribution in [0.5, 0.6) is 5.75 Å². The number of piperazine rings is 1. The number of hydrogen-bond donors (Lipinski definition) is 1. The van der Waals surface area contributed by atoms with E-state index in [0.717, 1.165) is 67.4 Å². The molecule has 1 aromatic heterocycles. The fourth-order valence-corrected chi connectivity index (χ4v) is 3.65. The molecule has 1 N–H and O–H groups in total. The van der Waals surface area contributed by atoms with E-state index in [-0.39, 0.29) is 0 Å². The Labute approximate surface area is 161 Å². The third kappa shape index (κ3) is 4.15. The van der Waals surface area contributed by atoms with Gasteiger partial charge in [-0.25, -0.2) is 4.98 Å². The van der Waals surface area contributed by atoms with Crippen LogP contribution in [0.4, 0.5) is 0 Å². The summed E-state index contributed by atoms with van der Waals surface area (Å²) in [5.41, 5.74) is 4.29. The molecule has 1 saturated heterocycles. The van der Waals surface area contributed by atoms with Crippen LogP contribution in [0.25, 0.3) is 22.4 Å². The van der Waals surface area contributed by atoms with Crippen molar-refractivity contribution < 1.29 is 4.74 Å². The predicted octanol–water partition coefficient (Wildman–Crippen LogP) is 3.55. The number of aromatic nitrogens is 2. The highest BCUT2D eigenvalue weighted by atomic mass is 16.5. The highest BCUT2D eigenvalue weighted by molar-refractivity contribution is 5.81. The fourth-order valence-electron chi connectivity index (χ4n) is 3.65. The third-order valence-corrected chi connectivity index (χ3v) is 5.36. The third-order valence-electron chi connectivity index (χ3n) is 5.36. The monoisotopic (exact) mass is 364 g/mol. The largest absolute Gasteiger partial charge is 0.491 e. The number of nitrogens with zero attached hydrogens (tertiary/aromatic N) is 3. The predicted molar refractivity (Wildman–Crippen MR) is 110 cm³/mol. The molecule has 0 atom stereocenters. The molecule has 0 aliphatic carbocycles. The molecule has 0 radical (unpaired) electrons. The second-order valence-electron chi connectivity index (χ2n) is 7.23. The lowest BCUT2D eigenvalue weighted by Gasteiger charge is -2.33. The van der Waals surface area contributed by atoms with Gasteiger partial charge in [-0.2, -0.15) is 0 Å². The molecule has 2 heterocycles. The summed E-state index contributed by atoms with van der Waals surface area (Å²) in [7, 11) is 0. The molecular formula is C22H28N4O. The van der Waals surface area contributed by atoms with Crippen molar-refractivity contribution in [1.29, 1.82) is 0 Å². The SMILES string of the molecule is CCN1CCN(CCOc2ccccc2-c2nc3ccc(C)cc3[nH]2)CC1. The zero-order valence-electron chi connectivity index (χ0n) is 16.2. The first-order valence-corrected chi connectivity index (χ1v) is 9.86. The van der Waals surface area contributed by atoms with Crippen LogP contribution >= 0.6 is 0 Å². The van der Waals surface area contributed by atoms with Crippen LogP contribution in [0.1, 0.15) is 12.5 Å². The van der Waals surface area contributed by atoms with Gasteiger partial charge in [-0.3, -0.25) is 4.90 Å². The van der Waals surface area contributed by atoms with E-state index in [1.54, 1.807) is 0 Å². The zero-order valence-corrected chi connectivity index (χ0v) is 16.2. The number of nitrogens with one attached hydrogen (secondary N) is 1. The number of rotatable bonds is 6. The summed E-state index contributed by atoms with van der Waals surface area (Å²) in [6.45, 7) is 11.7. The summed E-state index contributed by atoms with van der Waals surface area (Å²) < 4.78 is 6.15. The molecule has 0 spiro atoms. The second kappa shape index (κ2) is 8.11. The number of fused-ring (bicyclic) bond motifs is 1. The quantitative estimate of drug-likeness (QED) is 0.726. The molecule has 0 saturated carbocycles. The summed E-state index contributed by atoms with van der Waals surface area (Å²) in [4.78, 5) is 13.2. The van der Waals surface area contributed by atoms with E-state index in [1.807, 2.05) is 18.2 Å². The lowest BCUT2D eigenvalue weighted by atomic mass is 10.2. The van der Waals surface area contributed by atoms with E-state index in [1.165, 1.54) is 5.56 Å². The minimum atomic E-state index is 0.697. The van der Waals surface area contributed by atoms with Crippen LogP contribution in [0.3, 0.4) is 0 Å². The molecule has 0 unspecified atom stereocenters. The zero-order chi connectivity index (χ0) is 18.6. The van der Waals surface area contributed by atoms with Crippen LogP contribution in [0.15, 0.2) is 42.5 Å². The van der Waals surface area contributed by atoms with Crippen LogP contribution < -0.4 is 4.74 Å². The van der Waals surface area contributed by atoms with E-state index in [0.29, 0.717) is 6.61 Å². The maximum atomic E-state index is 6.15. The standard InChI is InChI=1S/C22H28N4O/c1-3-25-10-12-26(13-11-25)14-15-27-21-7-5-4-6-18(21)22-23-19-9-8-17(2)16-20(19)24-22/h4-9,16H,3,10-15H2,1-2H3,(H,23,24). The van der Waals surface area contributed by atoms with Crippen LogP contribution in [-0.4, -0.2) is 65.6 Å². The number of aryl methyl sites for hydroxylation is 1. The molecular weight excluding hydrogens is 336 g/mol. The number of imidazole rings is 1. The van der Waals surface area contributed by atoms with Crippen molar-refractivity contribution >= 4 is 11.0 Å². The Morgan fingerprint density at radius 3 is 2.63 bits per heavy atom. The van der Waals surface area contributed by atoms with Gasteiger partial charge >= 0.3 is 0 Å². The van der Waals surface area contributed by atoms with Gasteiger partial charge < -0.3 is 14.6 Å². The summed E-state index contributed by atoms with van der Waals surface area (Å²) in [5, 5.41) is 0. The van der Waals surface area contributed by atoms with Crippen molar-refractivity contribution in [3.05, 3.63) is 48.0 Å². The number of H-pyrrole nitrogens is 1. The Kier molecular flexibility index (Phi) is 5.41. The van der Waals surface area contributed by atoms with Crippen molar-refractivity contribution in [3.8, 4) is 17.1 Å². The average Bonchev–Trinajstić information content (AvgIpc) is 3.12. The molecule has 5 nitrogen and oxygen atoms in total. The minimum Gasteiger partial charge on any atom is -0.491 e. The van der Waals surface area contributed by atoms with Crippen LogP contribution in [0.2, 0.25) is 0 Å². The number of para-hydroxylation sites is 1. The number of ether oxygens (including phenoxy) is 1. The first-order chi connectivity index (χ1) is 13.2. The van der Waals surface area contributed by atoms with Gasteiger partial charge in [0.25, 0.3) is 0 Å². The van der Waals surface area contributed by atoms with Gasteiger partial charge in [-0.05, 0) is 43.3 Å². The topological polar surface area (TPSA) is 44.4 Å². The van der Waals surface area contributed by atoms with E-state index < -0.39 is 0 Å². The van der Waals surface area contributed by atoms with Crippen molar-refractivity contribution in [2.24, 2.45) is 0 Å². The molecule has 1 aliphatic rings. The van der Waals surface area contributed by atoms with Crippen LogP contribution in [-0.2, 0) is 0 Å². The lowest BCUT2D eigenvalue weighted by Crippen LogP contribution is -2.47. The van der Waals surface area contributed by atoms with Gasteiger partial charge in [0.1, 0.15) is 18.2 Å². The molecule has 5 heteroatoms. The van der Waals surface area contributed by atoms with Crippen molar-refractivity contribution in [2.45, 2.75) is 13.8 Å². The molecule has 27 heavy (non-hydrogen) atoms. The normalized spacial score (nSPS) is 16.1. The highest BCUT2D eigenvalue weighted by Crippen LogP contribution is 2.29. The van der Waals surface area contributed by atoms with E-state index in [4.69, 9.17) is 9.72 Å². The molecule has 0 amide bonds. The second-order valence-corrected chi connectivity index (χ2v) is 7.23. The summed E-state index contributed by atoms with van der Waals surface area (Å²) in [6.07, 6.45) is 0. The molecule has 142 valence electrons. The van der Waals surface area contributed by atoms with E-state index in [2.05, 4.69) is 52.9 Å². The summed E-state index contributed by atoms with van der Waals surface area (Å²) >= 11 is 0. The van der Waals surface area contributed by atoms with Crippen LogP contribution in [0, 0.1) is 6.92 Å². The Hall–Kier alpha value is -2.37. The Morgan fingerprint density at radius 2 is 1.81 bits per heavy atom. The maximum Gasteiger partial charge on any atom is 0.142 e. The van der Waals surface area contributed by atoms with Gasteiger partial charge in [-0.1, -0.05) is 25.1 Å². The van der Waals surface area contributed by atoms with Crippen molar-refractivity contribution in [3.63, 3.8) is 0 Å². The molecule has 4 rings (SSSR count). The number of hydrogen-bond acceptors (Lipinski definition) is 4. The summed E-state index contributed by atoms with van der Waals surface area (Å²) in [5.74, 6) is 1.75. The van der Waals surface area contributed by atoms with Gasteiger partial charge in [-0.15, -0.1) is 0 Å². The smallest absolute Gasteiger partial charge is 0.142 e. The molecule has 1 aliphatic heterocycles. The lowest BCUT2D eigenvalue weighted by molar-refractivity contribution is 0.121. The molecule has 0 bridgehead atoms. The molecule has 3 aromatic rings. The average molecular weight is 364 g/mol. The summed E-state index contributed by atoms with van der Waals surface area (Å²) in [6, 6.07) is 14.4. The first kappa shape index (κ1) is 18.0. The Bertz CT molecular complexity index is 896. The fraction of sp³-hybridized carbons (Fsp3) is 0.409. The molecule has 2 aromatic carbocycles. The van der Waals surface area contributed by atoms with Gasteiger partial charge in [0, 0.05) is 32.7 Å². The number of aromatic amines is 1. The number of benzene rings is 2. The van der Waals surface area contributed by atoms with E-state index in [9.17, 15) is 0 Å². The first-order valence-electron chi connectivity index (χ1n) is 9.86.